The molecule has 0 spiro atoms. The molecule has 0 bridgehead atoms. The fraction of sp³-hybridized carbons (Fsp3) is 0.500. The Balaban J connectivity index is 0.000000162. The minimum absolute atomic E-state index is 0.0473. The zero-order chi connectivity index (χ0) is 34.5. The van der Waals surface area contributed by atoms with Crippen molar-refractivity contribution in [3.05, 3.63) is 68.2 Å². The number of nitrogens with zero attached hydrogens (tertiary/aromatic N) is 3. The van der Waals surface area contributed by atoms with Crippen molar-refractivity contribution in [1.82, 2.24) is 20.2 Å². The number of H-pyrrole nitrogens is 2. The monoisotopic (exact) mass is 670 g/mol. The third-order valence-corrected chi connectivity index (χ3v) is 10.3. The van der Waals surface area contributed by atoms with Crippen molar-refractivity contribution >= 4 is 40.0 Å². The number of ether oxygens (including phenoxy) is 2. The Labute approximate surface area is 287 Å². The van der Waals surface area contributed by atoms with Crippen molar-refractivity contribution in [2.24, 2.45) is 0 Å². The molecule has 8 rings (SSSR count). The number of anilines is 2. The molecular weight excluding hydrogens is 620 g/mol. The van der Waals surface area contributed by atoms with Crippen LogP contribution in [0.25, 0.3) is 21.8 Å². The quantitative estimate of drug-likeness (QED) is 0.293. The molecule has 0 radical (unpaired) electrons. The number of fused-ring (bicyclic) bond motifs is 6. The van der Waals surface area contributed by atoms with Gasteiger partial charge in [-0.3, -0.25) is 9.59 Å². The number of piperidine rings is 2. The number of rotatable bonds is 4. The van der Waals surface area contributed by atoms with Crippen molar-refractivity contribution in [1.29, 1.82) is 0 Å². The molecule has 6 heterocycles. The Morgan fingerprint density at radius 3 is 1.57 bits per heavy atom. The van der Waals surface area contributed by atoms with Gasteiger partial charge in [-0.2, -0.15) is 0 Å². The summed E-state index contributed by atoms with van der Waals surface area (Å²) in [6, 6.07) is 12.1. The van der Waals surface area contributed by atoms with Crippen LogP contribution in [-0.4, -0.2) is 94.3 Å². The second-order valence-corrected chi connectivity index (χ2v) is 13.7. The number of hydrogen-bond donors (Lipinski definition) is 3. The maximum absolute atomic E-state index is 12.3. The van der Waals surface area contributed by atoms with Crippen LogP contribution in [0.1, 0.15) is 49.7 Å². The van der Waals surface area contributed by atoms with Gasteiger partial charge in [0, 0.05) is 62.2 Å². The SMILES string of the molecule is C=O.CN1CCC(Oc2ccc3[nH]c(=O)c4c(c3c2)N(C)CCC4)CC1.CN1CCCc2c1c1cc(OC3CCNCC3)ccc1[nH]c2=O. The van der Waals surface area contributed by atoms with E-state index in [0.717, 1.165) is 146 Å². The number of aromatic nitrogens is 2. The standard InChI is InChI=1S/C19H25N3O2.C18H23N3O2.CH2O/c1-21-10-7-13(8-11-21)24-14-5-6-17-16(12-14)18-15(19(23)20-17)4-3-9-22(18)2;1-21-10-2-3-14-17(21)15-11-13(4-5-16(15)20-18(14)22)23-12-6-8-19-9-7-12;1-2/h5-6,12-13H,3-4,7-11H2,1-2H3,(H,20,23);4-5,11-12,19H,2-3,6-10H2,1H3,(H,20,22);1H2. The molecule has 4 aromatic rings. The first-order chi connectivity index (χ1) is 23.8. The number of likely N-dealkylation sites (tertiary alicyclic amines) is 1. The number of carbonyl (C=O) groups is 1. The Morgan fingerprint density at radius 1 is 0.653 bits per heavy atom. The molecule has 11 heteroatoms. The van der Waals surface area contributed by atoms with Crippen LogP contribution >= 0.6 is 0 Å². The zero-order valence-electron chi connectivity index (χ0n) is 29.1. The van der Waals surface area contributed by atoms with Crippen molar-refractivity contribution in [3.63, 3.8) is 0 Å². The third kappa shape index (κ3) is 7.63. The van der Waals surface area contributed by atoms with E-state index in [1.165, 1.54) is 0 Å². The van der Waals surface area contributed by atoms with Crippen LogP contribution in [0.3, 0.4) is 0 Å². The number of benzene rings is 2. The maximum atomic E-state index is 12.3. The van der Waals surface area contributed by atoms with Crippen LogP contribution in [0.2, 0.25) is 0 Å². The molecule has 3 N–H and O–H groups in total. The fourth-order valence-corrected chi connectivity index (χ4v) is 7.69. The first-order valence-electron chi connectivity index (χ1n) is 17.7. The van der Waals surface area contributed by atoms with Crippen molar-refractivity contribution < 1.29 is 14.3 Å². The Morgan fingerprint density at radius 2 is 1.10 bits per heavy atom. The predicted octanol–water partition coefficient (Wildman–Crippen LogP) is 4.24. The van der Waals surface area contributed by atoms with E-state index in [-0.39, 0.29) is 23.3 Å². The van der Waals surface area contributed by atoms with E-state index in [0.29, 0.717) is 0 Å². The molecule has 0 saturated carbocycles. The number of nitrogens with one attached hydrogen (secondary N) is 3. The summed E-state index contributed by atoms with van der Waals surface area (Å²) < 4.78 is 12.4. The van der Waals surface area contributed by atoms with E-state index in [1.54, 1.807) is 0 Å². The van der Waals surface area contributed by atoms with E-state index in [1.807, 2.05) is 31.1 Å². The summed E-state index contributed by atoms with van der Waals surface area (Å²) >= 11 is 0. The minimum Gasteiger partial charge on any atom is -0.490 e. The highest BCUT2D eigenvalue weighted by molar-refractivity contribution is 5.95. The molecule has 0 aliphatic carbocycles. The van der Waals surface area contributed by atoms with E-state index >= 15 is 0 Å². The topological polar surface area (TPSA) is 123 Å². The molecule has 11 nitrogen and oxygen atoms in total. The first-order valence-corrected chi connectivity index (χ1v) is 17.7. The van der Waals surface area contributed by atoms with Crippen LogP contribution in [0.15, 0.2) is 46.0 Å². The minimum atomic E-state index is 0.0473. The molecule has 2 aromatic heterocycles. The predicted molar refractivity (Wildman–Crippen MR) is 197 cm³/mol. The van der Waals surface area contributed by atoms with Gasteiger partial charge in [-0.25, -0.2) is 0 Å². The van der Waals surface area contributed by atoms with Gasteiger partial charge in [0.2, 0.25) is 0 Å². The van der Waals surface area contributed by atoms with Crippen LogP contribution in [-0.2, 0) is 17.6 Å². The van der Waals surface area contributed by atoms with Gasteiger partial charge in [0.1, 0.15) is 30.5 Å². The van der Waals surface area contributed by atoms with E-state index < -0.39 is 0 Å². The summed E-state index contributed by atoms with van der Waals surface area (Å²) in [5, 5.41) is 5.54. The number of pyridine rings is 2. The normalized spacial score (nSPS) is 18.5. The largest absolute Gasteiger partial charge is 0.490 e. The molecule has 2 aromatic carbocycles. The van der Waals surface area contributed by atoms with Gasteiger partial charge < -0.3 is 44.3 Å². The Hall–Kier alpha value is -4.35. The molecule has 49 heavy (non-hydrogen) atoms. The lowest BCUT2D eigenvalue weighted by atomic mass is 10.00. The average Bonchev–Trinajstić information content (AvgIpc) is 3.12. The van der Waals surface area contributed by atoms with Crippen LogP contribution < -0.4 is 35.7 Å². The molecular formula is C38H50N6O5. The van der Waals surface area contributed by atoms with Crippen molar-refractivity contribution in [2.75, 3.05) is 70.2 Å². The van der Waals surface area contributed by atoms with Gasteiger partial charge in [-0.1, -0.05) is 0 Å². The van der Waals surface area contributed by atoms with Crippen LogP contribution in [0.5, 0.6) is 11.5 Å². The van der Waals surface area contributed by atoms with Gasteiger partial charge in [-0.15, -0.1) is 0 Å². The number of carbonyl (C=O) groups excluding carboxylic acids is 1. The lowest BCUT2D eigenvalue weighted by Crippen LogP contribution is -2.35. The van der Waals surface area contributed by atoms with Gasteiger partial charge in [0.15, 0.2) is 0 Å². The fourth-order valence-electron chi connectivity index (χ4n) is 7.69. The van der Waals surface area contributed by atoms with Gasteiger partial charge in [0.25, 0.3) is 11.1 Å². The highest BCUT2D eigenvalue weighted by Gasteiger charge is 2.23. The molecule has 0 amide bonds. The zero-order valence-corrected chi connectivity index (χ0v) is 29.1. The molecule has 0 unspecified atom stereocenters. The van der Waals surface area contributed by atoms with Gasteiger partial charge >= 0.3 is 0 Å². The van der Waals surface area contributed by atoms with E-state index in [2.05, 4.69) is 63.3 Å². The molecule has 2 saturated heterocycles. The van der Waals surface area contributed by atoms with Crippen LogP contribution in [0, 0.1) is 0 Å². The lowest BCUT2D eigenvalue weighted by molar-refractivity contribution is -0.0980. The molecule has 4 aliphatic heterocycles. The van der Waals surface area contributed by atoms with E-state index in [4.69, 9.17) is 14.3 Å². The Kier molecular flexibility index (Phi) is 10.9. The highest BCUT2D eigenvalue weighted by Crippen LogP contribution is 2.35. The van der Waals surface area contributed by atoms with Crippen molar-refractivity contribution in [2.45, 2.75) is 63.6 Å². The summed E-state index contributed by atoms with van der Waals surface area (Å²) in [5.41, 5.74) is 5.85. The van der Waals surface area contributed by atoms with Crippen LogP contribution in [0.4, 0.5) is 11.4 Å². The number of aromatic amines is 2. The van der Waals surface area contributed by atoms with E-state index in [9.17, 15) is 9.59 Å². The summed E-state index contributed by atoms with van der Waals surface area (Å²) in [6.45, 7) is 8.19. The second-order valence-electron chi connectivity index (χ2n) is 13.7. The Bertz CT molecular complexity index is 1880. The third-order valence-electron chi connectivity index (χ3n) is 10.3. The molecule has 262 valence electrons. The highest BCUT2D eigenvalue weighted by atomic mass is 16.5. The first kappa shape index (κ1) is 34.5. The summed E-state index contributed by atoms with van der Waals surface area (Å²) in [6.07, 6.45) is 8.56. The van der Waals surface area contributed by atoms with Crippen molar-refractivity contribution in [3.8, 4) is 11.5 Å². The lowest BCUT2D eigenvalue weighted by Gasteiger charge is -2.30. The molecule has 2 fully saturated rings. The summed E-state index contributed by atoms with van der Waals surface area (Å²) in [7, 11) is 6.29. The molecule has 4 aliphatic rings. The molecule has 0 atom stereocenters. The summed E-state index contributed by atoms with van der Waals surface area (Å²) in [4.78, 5) is 45.4. The smallest absolute Gasteiger partial charge is 0.253 e. The average molecular weight is 671 g/mol. The summed E-state index contributed by atoms with van der Waals surface area (Å²) in [5.74, 6) is 1.81. The number of hydrogen-bond acceptors (Lipinski definition) is 9. The van der Waals surface area contributed by atoms with Gasteiger partial charge in [0.05, 0.1) is 22.4 Å². The van der Waals surface area contributed by atoms with Gasteiger partial charge in [-0.05, 0) is 108 Å². The second kappa shape index (κ2) is 15.5. The maximum Gasteiger partial charge on any atom is 0.253 e.